The van der Waals surface area contributed by atoms with Crippen LogP contribution in [0.2, 0.25) is 5.02 Å². The van der Waals surface area contributed by atoms with Gasteiger partial charge in [0.25, 0.3) is 0 Å². The van der Waals surface area contributed by atoms with Gasteiger partial charge in [-0.25, -0.2) is 4.98 Å². The number of halogens is 1. The SMILES string of the molecule is CCCNCc1cnc(OC)c(Cl)c1. The van der Waals surface area contributed by atoms with Gasteiger partial charge in [0.05, 0.1) is 7.11 Å². The van der Waals surface area contributed by atoms with Crippen LogP contribution in [0.15, 0.2) is 12.3 Å². The van der Waals surface area contributed by atoms with Crippen LogP contribution in [0.3, 0.4) is 0 Å². The largest absolute Gasteiger partial charge is 0.480 e. The van der Waals surface area contributed by atoms with Crippen LogP contribution in [0.4, 0.5) is 0 Å². The van der Waals surface area contributed by atoms with Crippen molar-refractivity contribution in [1.29, 1.82) is 0 Å². The minimum atomic E-state index is 0.478. The van der Waals surface area contributed by atoms with Crippen molar-refractivity contribution < 1.29 is 4.74 Å². The van der Waals surface area contributed by atoms with Gasteiger partial charge in [0, 0.05) is 12.7 Å². The van der Waals surface area contributed by atoms with Gasteiger partial charge in [-0.2, -0.15) is 0 Å². The smallest absolute Gasteiger partial charge is 0.232 e. The van der Waals surface area contributed by atoms with Gasteiger partial charge < -0.3 is 10.1 Å². The van der Waals surface area contributed by atoms with Crippen LogP contribution in [0.1, 0.15) is 18.9 Å². The summed E-state index contributed by atoms with van der Waals surface area (Å²) in [5, 5.41) is 3.84. The van der Waals surface area contributed by atoms with Crippen molar-refractivity contribution in [1.82, 2.24) is 10.3 Å². The average molecular weight is 215 g/mol. The topological polar surface area (TPSA) is 34.2 Å². The van der Waals surface area contributed by atoms with Crippen molar-refractivity contribution in [2.75, 3.05) is 13.7 Å². The number of pyridine rings is 1. The van der Waals surface area contributed by atoms with Crippen molar-refractivity contribution in [2.24, 2.45) is 0 Å². The van der Waals surface area contributed by atoms with E-state index < -0.39 is 0 Å². The Bertz CT molecular complexity index is 291. The van der Waals surface area contributed by atoms with Crippen LogP contribution in [0.5, 0.6) is 5.88 Å². The molecule has 0 unspecified atom stereocenters. The molecule has 0 atom stereocenters. The summed E-state index contributed by atoms with van der Waals surface area (Å²) < 4.78 is 4.96. The Morgan fingerprint density at radius 2 is 2.36 bits per heavy atom. The zero-order valence-electron chi connectivity index (χ0n) is 8.51. The first-order chi connectivity index (χ1) is 6.77. The molecule has 1 N–H and O–H groups in total. The number of hydrogen-bond acceptors (Lipinski definition) is 3. The van der Waals surface area contributed by atoms with Crippen LogP contribution in [0, 0.1) is 0 Å². The molecule has 0 aliphatic rings. The standard InChI is InChI=1S/C10H15ClN2O/c1-3-4-12-6-8-5-9(11)10(14-2)13-7-8/h5,7,12H,3-4,6H2,1-2H3. The Morgan fingerprint density at radius 3 is 2.93 bits per heavy atom. The molecule has 0 amide bonds. The minimum Gasteiger partial charge on any atom is -0.480 e. The van der Waals surface area contributed by atoms with Gasteiger partial charge >= 0.3 is 0 Å². The van der Waals surface area contributed by atoms with E-state index in [9.17, 15) is 0 Å². The molecule has 0 fully saturated rings. The Morgan fingerprint density at radius 1 is 1.57 bits per heavy atom. The maximum absolute atomic E-state index is 5.93. The molecule has 1 heterocycles. The molecule has 3 nitrogen and oxygen atoms in total. The van der Waals surface area contributed by atoms with Crippen molar-refractivity contribution in [3.63, 3.8) is 0 Å². The molecule has 0 aliphatic carbocycles. The lowest BCUT2D eigenvalue weighted by atomic mass is 10.3. The van der Waals surface area contributed by atoms with E-state index in [0.29, 0.717) is 10.9 Å². The molecule has 1 rings (SSSR count). The fourth-order valence-electron chi connectivity index (χ4n) is 1.12. The van der Waals surface area contributed by atoms with Crippen LogP contribution in [-0.2, 0) is 6.54 Å². The first kappa shape index (κ1) is 11.3. The highest BCUT2D eigenvalue weighted by Crippen LogP contribution is 2.21. The normalized spacial score (nSPS) is 10.2. The molecular formula is C10H15ClN2O. The average Bonchev–Trinajstić information content (AvgIpc) is 2.18. The molecule has 4 heteroatoms. The van der Waals surface area contributed by atoms with Crippen LogP contribution >= 0.6 is 11.6 Å². The maximum Gasteiger partial charge on any atom is 0.232 e. The van der Waals surface area contributed by atoms with Crippen molar-refractivity contribution in [3.05, 3.63) is 22.8 Å². The lowest BCUT2D eigenvalue weighted by molar-refractivity contribution is 0.397. The predicted octanol–water partition coefficient (Wildman–Crippen LogP) is 2.24. The molecule has 1 aromatic heterocycles. The second kappa shape index (κ2) is 5.83. The van der Waals surface area contributed by atoms with Gasteiger partial charge in [-0.3, -0.25) is 0 Å². The summed E-state index contributed by atoms with van der Waals surface area (Å²) in [6, 6.07) is 1.87. The zero-order valence-corrected chi connectivity index (χ0v) is 9.27. The highest BCUT2D eigenvalue weighted by atomic mass is 35.5. The highest BCUT2D eigenvalue weighted by Gasteiger charge is 2.02. The number of hydrogen-bond donors (Lipinski definition) is 1. The third-order valence-corrected chi connectivity index (χ3v) is 2.08. The van der Waals surface area contributed by atoms with Gasteiger partial charge in [0.2, 0.25) is 5.88 Å². The van der Waals surface area contributed by atoms with E-state index in [-0.39, 0.29) is 0 Å². The number of nitrogens with zero attached hydrogens (tertiary/aromatic N) is 1. The number of ether oxygens (including phenoxy) is 1. The Labute approximate surface area is 89.4 Å². The van der Waals surface area contributed by atoms with E-state index in [0.717, 1.165) is 25.1 Å². The molecule has 0 aliphatic heterocycles. The number of rotatable bonds is 5. The molecule has 78 valence electrons. The summed E-state index contributed by atoms with van der Waals surface area (Å²) in [4.78, 5) is 4.08. The molecule has 0 saturated carbocycles. The lowest BCUT2D eigenvalue weighted by Crippen LogP contribution is -2.13. The summed E-state index contributed by atoms with van der Waals surface area (Å²) in [7, 11) is 1.56. The predicted molar refractivity (Wildman–Crippen MR) is 57.8 cm³/mol. The fourth-order valence-corrected chi connectivity index (χ4v) is 1.39. The Balaban J connectivity index is 2.57. The minimum absolute atomic E-state index is 0.478. The molecule has 1 aromatic rings. The van der Waals surface area contributed by atoms with E-state index in [2.05, 4.69) is 17.2 Å². The quantitative estimate of drug-likeness (QED) is 0.764. The van der Waals surface area contributed by atoms with Crippen LogP contribution in [-0.4, -0.2) is 18.6 Å². The van der Waals surface area contributed by atoms with Crippen molar-refractivity contribution in [2.45, 2.75) is 19.9 Å². The van der Waals surface area contributed by atoms with E-state index in [1.54, 1.807) is 13.3 Å². The third-order valence-electron chi connectivity index (χ3n) is 1.81. The van der Waals surface area contributed by atoms with E-state index in [4.69, 9.17) is 16.3 Å². The van der Waals surface area contributed by atoms with E-state index in [1.165, 1.54) is 0 Å². The highest BCUT2D eigenvalue weighted by molar-refractivity contribution is 6.31. The zero-order chi connectivity index (χ0) is 10.4. The van der Waals surface area contributed by atoms with Gasteiger partial charge in [0.15, 0.2) is 0 Å². The lowest BCUT2D eigenvalue weighted by Gasteiger charge is -2.05. The van der Waals surface area contributed by atoms with Gasteiger partial charge in [-0.15, -0.1) is 0 Å². The number of aromatic nitrogens is 1. The van der Waals surface area contributed by atoms with Gasteiger partial charge in [-0.1, -0.05) is 18.5 Å². The molecule has 14 heavy (non-hydrogen) atoms. The third kappa shape index (κ3) is 3.16. The number of methoxy groups -OCH3 is 1. The van der Waals surface area contributed by atoms with Crippen LogP contribution < -0.4 is 10.1 Å². The molecule has 0 saturated heterocycles. The van der Waals surface area contributed by atoms with Crippen molar-refractivity contribution in [3.8, 4) is 5.88 Å². The molecule has 0 spiro atoms. The van der Waals surface area contributed by atoms with Crippen LogP contribution in [0.25, 0.3) is 0 Å². The summed E-state index contributed by atoms with van der Waals surface area (Å²) in [6.45, 7) is 3.93. The second-order valence-corrected chi connectivity index (χ2v) is 3.42. The van der Waals surface area contributed by atoms with Gasteiger partial charge in [0.1, 0.15) is 5.02 Å². The molecular weight excluding hydrogens is 200 g/mol. The summed E-state index contributed by atoms with van der Waals surface area (Å²) in [5.41, 5.74) is 1.07. The number of nitrogens with one attached hydrogen (secondary N) is 1. The second-order valence-electron chi connectivity index (χ2n) is 3.01. The Hall–Kier alpha value is -0.800. The molecule has 0 aromatic carbocycles. The fraction of sp³-hybridized carbons (Fsp3) is 0.500. The monoisotopic (exact) mass is 214 g/mol. The summed E-state index contributed by atoms with van der Waals surface area (Å²) >= 11 is 5.93. The first-order valence-corrected chi connectivity index (χ1v) is 5.04. The van der Waals surface area contributed by atoms with Crippen molar-refractivity contribution >= 4 is 11.6 Å². The Kier molecular flexibility index (Phi) is 4.70. The first-order valence-electron chi connectivity index (χ1n) is 4.67. The van der Waals surface area contributed by atoms with E-state index >= 15 is 0 Å². The van der Waals surface area contributed by atoms with Gasteiger partial charge in [-0.05, 0) is 24.6 Å². The molecule has 0 bridgehead atoms. The summed E-state index contributed by atoms with van der Waals surface area (Å²) in [5.74, 6) is 0.478. The van der Waals surface area contributed by atoms with E-state index in [1.807, 2.05) is 6.07 Å². The summed E-state index contributed by atoms with van der Waals surface area (Å²) in [6.07, 6.45) is 2.89. The molecule has 0 radical (unpaired) electrons. The maximum atomic E-state index is 5.93.